The van der Waals surface area contributed by atoms with Crippen molar-refractivity contribution in [3.63, 3.8) is 0 Å². The second-order valence-corrected chi connectivity index (χ2v) is 6.61. The summed E-state index contributed by atoms with van der Waals surface area (Å²) in [6, 6.07) is 27.9. The van der Waals surface area contributed by atoms with Crippen molar-refractivity contribution in [3.05, 3.63) is 118 Å². The second-order valence-electron chi connectivity index (χ2n) is 6.61. The molecule has 0 aliphatic heterocycles. The molecule has 5 nitrogen and oxygen atoms in total. The Balaban J connectivity index is 1.76. The maximum atomic E-state index is 12.9. The van der Waals surface area contributed by atoms with E-state index in [4.69, 9.17) is 0 Å². The fourth-order valence-electron chi connectivity index (χ4n) is 3.25. The highest BCUT2D eigenvalue weighted by molar-refractivity contribution is 6.14. The molecule has 29 heavy (non-hydrogen) atoms. The van der Waals surface area contributed by atoms with Crippen LogP contribution in [0.5, 0.6) is 0 Å². The van der Waals surface area contributed by atoms with E-state index in [1.54, 1.807) is 7.05 Å². The molecule has 0 fully saturated rings. The lowest BCUT2D eigenvalue weighted by atomic mass is 10.0. The summed E-state index contributed by atoms with van der Waals surface area (Å²) in [4.78, 5) is 25.2. The van der Waals surface area contributed by atoms with E-state index in [1.807, 2.05) is 84.9 Å². The number of para-hydroxylation sites is 1. The number of fused-ring (bicyclic) bond motifs is 1. The second kappa shape index (κ2) is 7.94. The number of aromatic nitrogens is 1. The SMILES string of the molecule is Cn1c(=O)cc(C(=O)NN=C(c2ccccc2)c2ccccc2)c2ccccc21. The molecule has 5 heteroatoms. The Hall–Kier alpha value is -3.99. The number of carbonyl (C=O) groups is 1. The molecular weight excluding hydrogens is 362 g/mol. The predicted molar refractivity (Wildman–Crippen MR) is 115 cm³/mol. The molecule has 4 rings (SSSR count). The van der Waals surface area contributed by atoms with Gasteiger partial charge in [0.05, 0.1) is 16.8 Å². The molecule has 3 aromatic carbocycles. The molecule has 0 saturated carbocycles. The van der Waals surface area contributed by atoms with E-state index in [2.05, 4.69) is 10.5 Å². The number of hydrogen-bond acceptors (Lipinski definition) is 3. The highest BCUT2D eigenvalue weighted by atomic mass is 16.2. The zero-order chi connectivity index (χ0) is 20.2. The summed E-state index contributed by atoms with van der Waals surface area (Å²) >= 11 is 0. The molecule has 1 amide bonds. The summed E-state index contributed by atoms with van der Waals surface area (Å²) in [6.45, 7) is 0. The van der Waals surface area contributed by atoms with E-state index in [9.17, 15) is 9.59 Å². The van der Waals surface area contributed by atoms with Crippen molar-refractivity contribution in [3.8, 4) is 0 Å². The van der Waals surface area contributed by atoms with Gasteiger partial charge in [0.1, 0.15) is 0 Å². The van der Waals surface area contributed by atoms with Crippen LogP contribution in [0, 0.1) is 0 Å². The monoisotopic (exact) mass is 381 g/mol. The van der Waals surface area contributed by atoms with E-state index >= 15 is 0 Å². The summed E-state index contributed by atoms with van der Waals surface area (Å²) < 4.78 is 1.52. The lowest BCUT2D eigenvalue weighted by Crippen LogP contribution is -2.25. The van der Waals surface area contributed by atoms with Gasteiger partial charge in [0.25, 0.3) is 11.5 Å². The Bertz CT molecular complexity index is 1220. The van der Waals surface area contributed by atoms with Crippen molar-refractivity contribution in [2.24, 2.45) is 12.1 Å². The number of nitrogens with one attached hydrogen (secondary N) is 1. The topological polar surface area (TPSA) is 63.5 Å². The molecular formula is C24H19N3O2. The highest BCUT2D eigenvalue weighted by Gasteiger charge is 2.14. The molecule has 142 valence electrons. The lowest BCUT2D eigenvalue weighted by molar-refractivity contribution is 0.0956. The quantitative estimate of drug-likeness (QED) is 0.433. The normalized spacial score (nSPS) is 10.5. The van der Waals surface area contributed by atoms with Crippen molar-refractivity contribution in [1.29, 1.82) is 0 Å². The van der Waals surface area contributed by atoms with Gasteiger partial charge in [-0.05, 0) is 6.07 Å². The Morgan fingerprint density at radius 3 is 2.00 bits per heavy atom. The van der Waals surface area contributed by atoms with Crippen molar-refractivity contribution >= 4 is 22.5 Å². The molecule has 1 N–H and O–H groups in total. The molecule has 0 unspecified atom stereocenters. The molecule has 1 heterocycles. The van der Waals surface area contributed by atoms with Gasteiger partial charge in [-0.2, -0.15) is 5.10 Å². The number of benzene rings is 3. The lowest BCUT2D eigenvalue weighted by Gasteiger charge is -2.10. The van der Waals surface area contributed by atoms with Crippen LogP contribution in [0.25, 0.3) is 10.9 Å². The fraction of sp³-hybridized carbons (Fsp3) is 0.0417. The molecule has 0 atom stereocenters. The van der Waals surface area contributed by atoms with Gasteiger partial charge in [-0.15, -0.1) is 0 Å². The first-order chi connectivity index (χ1) is 14.1. The number of hydrazone groups is 1. The molecule has 0 saturated heterocycles. The standard InChI is InChI=1S/C24H19N3O2/c1-27-21-15-9-8-14-19(21)20(16-22(27)28)24(29)26-25-23(17-10-4-2-5-11-17)18-12-6-3-7-13-18/h2-16H,1H3,(H,26,29). The summed E-state index contributed by atoms with van der Waals surface area (Å²) in [6.07, 6.45) is 0. The summed E-state index contributed by atoms with van der Waals surface area (Å²) in [5, 5.41) is 5.11. The van der Waals surface area contributed by atoms with Crippen molar-refractivity contribution in [1.82, 2.24) is 9.99 Å². The van der Waals surface area contributed by atoms with Gasteiger partial charge in [-0.25, -0.2) is 5.43 Å². The minimum atomic E-state index is -0.428. The summed E-state index contributed by atoms with van der Waals surface area (Å²) in [5.41, 5.74) is 5.79. The third-order valence-corrected chi connectivity index (χ3v) is 4.76. The number of rotatable bonds is 4. The molecule has 0 aliphatic rings. The smallest absolute Gasteiger partial charge is 0.272 e. The maximum Gasteiger partial charge on any atom is 0.272 e. The average molecular weight is 381 g/mol. The van der Waals surface area contributed by atoms with Crippen molar-refractivity contribution < 1.29 is 4.79 Å². The Labute approximate surface area is 167 Å². The van der Waals surface area contributed by atoms with E-state index in [0.717, 1.165) is 11.1 Å². The molecule has 0 spiro atoms. The van der Waals surface area contributed by atoms with Crippen LogP contribution in [0.1, 0.15) is 21.5 Å². The van der Waals surface area contributed by atoms with Gasteiger partial charge < -0.3 is 4.57 Å². The van der Waals surface area contributed by atoms with Crippen LogP contribution >= 0.6 is 0 Å². The van der Waals surface area contributed by atoms with Gasteiger partial charge in [-0.3, -0.25) is 9.59 Å². The number of hydrogen-bond donors (Lipinski definition) is 1. The first-order valence-corrected chi connectivity index (χ1v) is 9.23. The zero-order valence-electron chi connectivity index (χ0n) is 15.9. The van der Waals surface area contributed by atoms with Gasteiger partial charge in [-0.1, -0.05) is 78.9 Å². The van der Waals surface area contributed by atoms with Crippen LogP contribution in [0.15, 0.2) is 101 Å². The summed E-state index contributed by atoms with van der Waals surface area (Å²) in [7, 11) is 1.69. The van der Waals surface area contributed by atoms with E-state index < -0.39 is 5.91 Å². The first kappa shape index (κ1) is 18.4. The maximum absolute atomic E-state index is 12.9. The average Bonchev–Trinajstić information content (AvgIpc) is 2.78. The number of carbonyl (C=O) groups excluding carboxylic acids is 1. The Morgan fingerprint density at radius 1 is 0.828 bits per heavy atom. The van der Waals surface area contributed by atoms with Crippen molar-refractivity contribution in [2.45, 2.75) is 0 Å². The van der Waals surface area contributed by atoms with Gasteiger partial charge in [0.2, 0.25) is 0 Å². The van der Waals surface area contributed by atoms with Gasteiger partial charge in [0.15, 0.2) is 0 Å². The summed E-state index contributed by atoms with van der Waals surface area (Å²) in [5.74, 6) is -0.428. The number of nitrogens with zero attached hydrogens (tertiary/aromatic N) is 2. The third kappa shape index (κ3) is 3.71. The van der Waals surface area contributed by atoms with E-state index in [0.29, 0.717) is 22.2 Å². The van der Waals surface area contributed by atoms with Crippen LogP contribution in [0.2, 0.25) is 0 Å². The first-order valence-electron chi connectivity index (χ1n) is 9.23. The minimum Gasteiger partial charge on any atom is -0.311 e. The van der Waals surface area contributed by atoms with E-state index in [1.165, 1.54) is 10.6 Å². The Morgan fingerprint density at radius 2 is 1.38 bits per heavy atom. The Kier molecular flexibility index (Phi) is 5.03. The number of amides is 1. The number of aryl methyl sites for hydroxylation is 1. The minimum absolute atomic E-state index is 0.246. The molecule has 1 aromatic heterocycles. The van der Waals surface area contributed by atoms with Crippen LogP contribution in [0.3, 0.4) is 0 Å². The molecule has 4 aromatic rings. The van der Waals surface area contributed by atoms with Crippen LogP contribution in [-0.4, -0.2) is 16.2 Å². The van der Waals surface area contributed by atoms with Crippen LogP contribution < -0.4 is 11.0 Å². The molecule has 0 radical (unpaired) electrons. The zero-order valence-corrected chi connectivity index (χ0v) is 15.9. The third-order valence-electron chi connectivity index (χ3n) is 4.76. The number of pyridine rings is 1. The van der Waals surface area contributed by atoms with Crippen LogP contribution in [0.4, 0.5) is 0 Å². The van der Waals surface area contributed by atoms with E-state index in [-0.39, 0.29) is 5.56 Å². The van der Waals surface area contributed by atoms with Gasteiger partial charge in [0, 0.05) is 29.6 Å². The fourth-order valence-corrected chi connectivity index (χ4v) is 3.25. The van der Waals surface area contributed by atoms with Crippen molar-refractivity contribution in [2.75, 3.05) is 0 Å². The molecule has 0 bridgehead atoms. The van der Waals surface area contributed by atoms with Crippen LogP contribution in [-0.2, 0) is 7.05 Å². The predicted octanol–water partition coefficient (Wildman–Crippen LogP) is 3.72. The largest absolute Gasteiger partial charge is 0.311 e. The highest BCUT2D eigenvalue weighted by Crippen LogP contribution is 2.16. The molecule has 0 aliphatic carbocycles. The van der Waals surface area contributed by atoms with Gasteiger partial charge >= 0.3 is 0 Å².